The van der Waals surface area contributed by atoms with Crippen LogP contribution in [0.4, 0.5) is 0 Å². The van der Waals surface area contributed by atoms with Crippen molar-refractivity contribution in [3.05, 3.63) is 42.6 Å². The van der Waals surface area contributed by atoms with Crippen molar-refractivity contribution in [3.63, 3.8) is 0 Å². The second kappa shape index (κ2) is 7.32. The Morgan fingerprint density at radius 2 is 2.17 bits per heavy atom. The van der Waals surface area contributed by atoms with Crippen molar-refractivity contribution in [2.24, 2.45) is 0 Å². The van der Waals surface area contributed by atoms with E-state index < -0.39 is 7.82 Å². The second-order valence-electron chi connectivity index (χ2n) is 5.70. The number of phosphoric acid groups is 1. The summed E-state index contributed by atoms with van der Waals surface area (Å²) >= 11 is 0. The summed E-state index contributed by atoms with van der Waals surface area (Å²) in [5.41, 5.74) is 1.77. The van der Waals surface area contributed by atoms with E-state index in [9.17, 15) is 4.57 Å². The van der Waals surface area contributed by atoms with E-state index in [1.165, 1.54) is 0 Å². The van der Waals surface area contributed by atoms with Crippen LogP contribution in [0.1, 0.15) is 19.4 Å². The van der Waals surface area contributed by atoms with E-state index in [0.29, 0.717) is 6.04 Å². The van der Waals surface area contributed by atoms with Crippen molar-refractivity contribution >= 4 is 18.7 Å². The van der Waals surface area contributed by atoms with Gasteiger partial charge in [0, 0.05) is 36.2 Å². The molecule has 0 spiro atoms. The van der Waals surface area contributed by atoms with Gasteiger partial charge in [-0.05, 0) is 38.0 Å². The van der Waals surface area contributed by atoms with Crippen molar-refractivity contribution in [2.45, 2.75) is 26.3 Å². The number of phosphoric ester groups is 1. The van der Waals surface area contributed by atoms with Gasteiger partial charge in [0.2, 0.25) is 0 Å². The number of rotatable bonds is 8. The number of nitrogens with one attached hydrogen (secondary N) is 1. The Bertz CT molecular complexity index is 720. The minimum absolute atomic E-state index is 0.201. The van der Waals surface area contributed by atoms with Crippen LogP contribution < -0.4 is 4.52 Å². The molecule has 2 rings (SSSR count). The molecule has 23 heavy (non-hydrogen) atoms. The van der Waals surface area contributed by atoms with Crippen LogP contribution in [0.25, 0.3) is 10.9 Å². The van der Waals surface area contributed by atoms with Gasteiger partial charge < -0.3 is 9.51 Å². The predicted octanol–water partition coefficient (Wildman–Crippen LogP) is 3.08. The van der Waals surface area contributed by atoms with Gasteiger partial charge in [0.25, 0.3) is 0 Å². The first kappa shape index (κ1) is 17.8. The van der Waals surface area contributed by atoms with Crippen LogP contribution in [0.5, 0.6) is 5.75 Å². The minimum atomic E-state index is -4.59. The lowest BCUT2D eigenvalue weighted by atomic mass is 10.1. The molecular formula is C16H23N2O4P. The van der Waals surface area contributed by atoms with Crippen LogP contribution in [0.15, 0.2) is 37.1 Å². The monoisotopic (exact) mass is 338 g/mol. The predicted molar refractivity (Wildman–Crippen MR) is 91.6 cm³/mol. The molecule has 3 N–H and O–H groups in total. The van der Waals surface area contributed by atoms with E-state index >= 15 is 0 Å². The highest BCUT2D eigenvalue weighted by atomic mass is 31.2. The maximum absolute atomic E-state index is 11.2. The van der Waals surface area contributed by atoms with E-state index in [-0.39, 0.29) is 5.75 Å². The van der Waals surface area contributed by atoms with Crippen molar-refractivity contribution < 1.29 is 18.9 Å². The number of aromatic nitrogens is 1. The van der Waals surface area contributed by atoms with Gasteiger partial charge in [-0.25, -0.2) is 4.57 Å². The number of hydrogen-bond donors (Lipinski definition) is 3. The van der Waals surface area contributed by atoms with Gasteiger partial charge in [-0.1, -0.05) is 12.1 Å². The summed E-state index contributed by atoms with van der Waals surface area (Å²) in [5.74, 6) is 0.201. The van der Waals surface area contributed by atoms with Crippen molar-refractivity contribution in [3.8, 4) is 5.75 Å². The maximum atomic E-state index is 11.2. The SMILES string of the molecule is C=CCN(CCc1c[nH]c2cccc(OP(=O)(O)O)c12)C(C)C. The maximum Gasteiger partial charge on any atom is 0.524 e. The Kier molecular flexibility index (Phi) is 5.65. The average molecular weight is 338 g/mol. The minimum Gasteiger partial charge on any atom is -0.404 e. The summed E-state index contributed by atoms with van der Waals surface area (Å²) in [6.07, 6.45) is 4.48. The van der Waals surface area contributed by atoms with Gasteiger partial charge in [-0.3, -0.25) is 14.7 Å². The molecule has 0 fully saturated rings. The Hall–Kier alpha value is -1.59. The highest BCUT2D eigenvalue weighted by molar-refractivity contribution is 7.46. The first-order chi connectivity index (χ1) is 10.8. The fourth-order valence-corrected chi connectivity index (χ4v) is 3.02. The number of hydrogen-bond acceptors (Lipinski definition) is 3. The molecular weight excluding hydrogens is 315 g/mol. The number of H-pyrrole nitrogens is 1. The molecule has 1 aromatic carbocycles. The lowest BCUT2D eigenvalue weighted by Crippen LogP contribution is -2.32. The third kappa shape index (κ3) is 4.69. The van der Waals surface area contributed by atoms with Crippen molar-refractivity contribution in [1.82, 2.24) is 9.88 Å². The third-order valence-electron chi connectivity index (χ3n) is 3.73. The smallest absolute Gasteiger partial charge is 0.404 e. The summed E-state index contributed by atoms with van der Waals surface area (Å²) in [5, 5.41) is 0.720. The molecule has 0 atom stereocenters. The summed E-state index contributed by atoms with van der Waals surface area (Å²) in [4.78, 5) is 23.6. The van der Waals surface area contributed by atoms with Crippen molar-refractivity contribution in [2.75, 3.05) is 13.1 Å². The Labute approximate surface area is 136 Å². The fourth-order valence-electron chi connectivity index (χ4n) is 2.61. The molecule has 0 saturated carbocycles. The molecule has 126 valence electrons. The molecule has 2 aromatic rings. The Morgan fingerprint density at radius 3 is 2.78 bits per heavy atom. The third-order valence-corrected chi connectivity index (χ3v) is 4.16. The van der Waals surface area contributed by atoms with Gasteiger partial charge in [0.1, 0.15) is 5.75 Å². The van der Waals surface area contributed by atoms with E-state index in [1.54, 1.807) is 12.1 Å². The molecule has 6 nitrogen and oxygen atoms in total. The van der Waals surface area contributed by atoms with E-state index in [2.05, 4.69) is 30.3 Å². The first-order valence-corrected chi connectivity index (χ1v) is 9.04. The zero-order valence-corrected chi connectivity index (χ0v) is 14.3. The van der Waals surface area contributed by atoms with E-state index in [4.69, 9.17) is 14.3 Å². The number of fused-ring (bicyclic) bond motifs is 1. The highest BCUT2D eigenvalue weighted by Crippen LogP contribution is 2.41. The number of benzene rings is 1. The van der Waals surface area contributed by atoms with Crippen molar-refractivity contribution in [1.29, 1.82) is 0 Å². The second-order valence-corrected chi connectivity index (χ2v) is 6.87. The normalized spacial score (nSPS) is 12.3. The number of nitrogens with zero attached hydrogens (tertiary/aromatic N) is 1. The van der Waals surface area contributed by atoms with Gasteiger partial charge in [-0.2, -0.15) is 0 Å². The standard InChI is InChI=1S/C16H23N2O4P/c1-4-9-18(12(2)3)10-8-13-11-17-14-6-5-7-15(16(13)14)22-23(19,20)21/h4-7,11-12,17H,1,8-10H2,2-3H3,(H2,19,20,21). The lowest BCUT2D eigenvalue weighted by molar-refractivity contribution is 0.249. The van der Waals surface area contributed by atoms with E-state index in [1.807, 2.05) is 18.3 Å². The molecule has 1 heterocycles. The van der Waals surface area contributed by atoms with Crippen LogP contribution in [0, 0.1) is 0 Å². The fraction of sp³-hybridized carbons (Fsp3) is 0.375. The van der Waals surface area contributed by atoms with Crippen LogP contribution >= 0.6 is 7.82 Å². The summed E-state index contributed by atoms with van der Waals surface area (Å²) < 4.78 is 16.0. The summed E-state index contributed by atoms with van der Waals surface area (Å²) in [7, 11) is -4.59. The molecule has 0 bridgehead atoms. The quantitative estimate of drug-likeness (QED) is 0.509. The summed E-state index contributed by atoms with van der Waals surface area (Å²) in [6.45, 7) is 9.65. The lowest BCUT2D eigenvalue weighted by Gasteiger charge is -2.24. The molecule has 0 amide bonds. The van der Waals surface area contributed by atoms with Crippen LogP contribution in [-0.2, 0) is 11.0 Å². The molecule has 0 aliphatic heterocycles. The average Bonchev–Trinajstić information content (AvgIpc) is 2.86. The molecule has 0 radical (unpaired) electrons. The van der Waals surface area contributed by atoms with Gasteiger partial charge in [-0.15, -0.1) is 6.58 Å². The van der Waals surface area contributed by atoms with Gasteiger partial charge >= 0.3 is 7.82 Å². The Balaban J connectivity index is 2.27. The zero-order chi connectivity index (χ0) is 17.0. The largest absolute Gasteiger partial charge is 0.524 e. The molecule has 1 aromatic heterocycles. The topological polar surface area (TPSA) is 85.8 Å². The molecule has 0 unspecified atom stereocenters. The molecule has 7 heteroatoms. The van der Waals surface area contributed by atoms with E-state index in [0.717, 1.165) is 36.0 Å². The number of aromatic amines is 1. The molecule has 0 aliphatic rings. The van der Waals surface area contributed by atoms with Gasteiger partial charge in [0.05, 0.1) is 0 Å². The van der Waals surface area contributed by atoms with Crippen LogP contribution in [0.3, 0.4) is 0 Å². The highest BCUT2D eigenvalue weighted by Gasteiger charge is 2.20. The zero-order valence-electron chi connectivity index (χ0n) is 13.4. The van der Waals surface area contributed by atoms with Crippen LogP contribution in [-0.4, -0.2) is 38.8 Å². The van der Waals surface area contributed by atoms with Crippen LogP contribution in [0.2, 0.25) is 0 Å². The molecule has 0 aliphatic carbocycles. The summed E-state index contributed by atoms with van der Waals surface area (Å²) in [6, 6.07) is 5.52. The van der Waals surface area contributed by atoms with Gasteiger partial charge in [0.15, 0.2) is 0 Å². The Morgan fingerprint density at radius 1 is 1.43 bits per heavy atom. The first-order valence-electron chi connectivity index (χ1n) is 7.51. The molecule has 0 saturated heterocycles.